The molecular formula is C6H16O2. The average molecular weight is 120 g/mol. The van der Waals surface area contributed by atoms with Crippen LogP contribution in [0, 0.1) is 0 Å². The zero-order valence-corrected chi connectivity index (χ0v) is 5.89. The summed E-state index contributed by atoms with van der Waals surface area (Å²) in [6.45, 7) is 7.18. The van der Waals surface area contributed by atoms with Gasteiger partial charge in [0.25, 0.3) is 0 Å². The van der Waals surface area contributed by atoms with Gasteiger partial charge in [0, 0.05) is 13.7 Å². The summed E-state index contributed by atoms with van der Waals surface area (Å²) < 4.78 is 0. The summed E-state index contributed by atoms with van der Waals surface area (Å²) in [6, 6.07) is 0. The van der Waals surface area contributed by atoms with Crippen molar-refractivity contribution in [2.24, 2.45) is 0 Å². The molecule has 0 bridgehead atoms. The van der Waals surface area contributed by atoms with Crippen LogP contribution < -0.4 is 0 Å². The minimum absolute atomic E-state index is 0.250. The Morgan fingerprint density at radius 3 is 1.50 bits per heavy atom. The average Bonchev–Trinajstić information content (AvgIpc) is 1.75. The lowest BCUT2D eigenvalue weighted by Crippen LogP contribution is -1.57. The van der Waals surface area contributed by atoms with E-state index in [4.69, 9.17) is 10.2 Å². The molecule has 0 aliphatic heterocycles. The third-order valence-electron chi connectivity index (χ3n) is 0. The number of hydrogen-bond acceptors (Lipinski definition) is 2. The molecule has 0 aromatic heterocycles. The van der Waals surface area contributed by atoms with E-state index >= 15 is 0 Å². The van der Waals surface area contributed by atoms with Crippen LogP contribution >= 0.6 is 0 Å². The first-order valence-corrected chi connectivity index (χ1v) is 2.46. The van der Waals surface area contributed by atoms with Crippen molar-refractivity contribution < 1.29 is 10.2 Å². The second kappa shape index (κ2) is 77.4. The predicted octanol–water partition coefficient (Wildman–Crippen LogP) is 0.799. The Morgan fingerprint density at radius 1 is 1.50 bits per heavy atom. The fourth-order valence-electron chi connectivity index (χ4n) is 0. The van der Waals surface area contributed by atoms with Crippen molar-refractivity contribution in [3.63, 3.8) is 0 Å². The second-order valence-electron chi connectivity index (χ2n) is 0.724. The van der Waals surface area contributed by atoms with E-state index in [0.717, 1.165) is 7.11 Å². The molecule has 0 aliphatic rings. The third kappa shape index (κ3) is 1060. The summed E-state index contributed by atoms with van der Waals surface area (Å²) in [5, 5.41) is 14.6. The Balaban J connectivity index is -0.0000000483. The molecule has 0 aromatic rings. The fourth-order valence-corrected chi connectivity index (χ4v) is 0. The van der Waals surface area contributed by atoms with E-state index < -0.39 is 0 Å². The molecule has 52 valence electrons. The van der Waals surface area contributed by atoms with Gasteiger partial charge in [-0.25, -0.2) is 0 Å². The van der Waals surface area contributed by atoms with Gasteiger partial charge < -0.3 is 10.2 Å². The van der Waals surface area contributed by atoms with E-state index in [0.29, 0.717) is 0 Å². The molecule has 0 unspecified atom stereocenters. The highest BCUT2D eigenvalue weighted by atomic mass is 16.2. The minimum Gasteiger partial charge on any atom is -0.400 e. The van der Waals surface area contributed by atoms with Crippen LogP contribution in [0.4, 0.5) is 0 Å². The van der Waals surface area contributed by atoms with Gasteiger partial charge in [-0.15, -0.1) is 6.58 Å². The van der Waals surface area contributed by atoms with E-state index in [1.165, 1.54) is 0 Å². The number of hydrogen-bond donors (Lipinski definition) is 2. The molecule has 0 aromatic carbocycles. The summed E-state index contributed by atoms with van der Waals surface area (Å²) in [5.41, 5.74) is 0. The molecule has 0 amide bonds. The van der Waals surface area contributed by atoms with Crippen LogP contribution in [0.25, 0.3) is 0 Å². The molecule has 0 atom stereocenters. The Morgan fingerprint density at radius 2 is 1.50 bits per heavy atom. The molecule has 2 heteroatoms. The van der Waals surface area contributed by atoms with Gasteiger partial charge in [0.2, 0.25) is 0 Å². The van der Waals surface area contributed by atoms with Crippen LogP contribution in [0.5, 0.6) is 0 Å². The minimum atomic E-state index is 0.250. The van der Waals surface area contributed by atoms with Gasteiger partial charge >= 0.3 is 0 Å². The van der Waals surface area contributed by atoms with E-state index in [2.05, 4.69) is 6.58 Å². The highest BCUT2D eigenvalue weighted by Crippen LogP contribution is 1.38. The number of allylic oxidation sites excluding steroid dienone is 1. The summed E-state index contributed by atoms with van der Waals surface area (Å²) >= 11 is 0. The van der Waals surface area contributed by atoms with Gasteiger partial charge in [-0.1, -0.05) is 6.08 Å². The van der Waals surface area contributed by atoms with E-state index in [1.54, 1.807) is 13.0 Å². The van der Waals surface area contributed by atoms with Gasteiger partial charge in [-0.3, -0.25) is 0 Å². The van der Waals surface area contributed by atoms with Crippen LogP contribution in [-0.4, -0.2) is 23.9 Å². The lowest BCUT2D eigenvalue weighted by molar-refractivity contribution is 0.318. The predicted molar refractivity (Wildman–Crippen MR) is 36.8 cm³/mol. The molecule has 0 saturated carbocycles. The zero-order chi connectivity index (χ0) is 7.41. The number of rotatable bonds is 0. The fraction of sp³-hybridized carbons (Fsp3) is 0.667. The van der Waals surface area contributed by atoms with Crippen molar-refractivity contribution in [2.75, 3.05) is 13.7 Å². The SMILES string of the molecule is C=CC.CCO.CO. The lowest BCUT2D eigenvalue weighted by atomic mass is 10.8. The molecule has 0 radical (unpaired) electrons. The Bertz CT molecular complexity index is 20.5. The normalized spacial score (nSPS) is 4.62. The van der Waals surface area contributed by atoms with Crippen molar-refractivity contribution in [1.29, 1.82) is 0 Å². The first-order valence-electron chi connectivity index (χ1n) is 2.46. The summed E-state index contributed by atoms with van der Waals surface area (Å²) in [6.07, 6.45) is 1.75. The summed E-state index contributed by atoms with van der Waals surface area (Å²) in [4.78, 5) is 0. The first kappa shape index (κ1) is 15.6. The Hall–Kier alpha value is -0.340. The van der Waals surface area contributed by atoms with Gasteiger partial charge in [-0.05, 0) is 13.8 Å². The van der Waals surface area contributed by atoms with Crippen molar-refractivity contribution in [1.82, 2.24) is 0 Å². The van der Waals surface area contributed by atoms with Crippen LogP contribution in [0.15, 0.2) is 12.7 Å². The molecule has 0 fully saturated rings. The quantitative estimate of drug-likeness (QED) is 0.464. The lowest BCUT2D eigenvalue weighted by Gasteiger charge is -1.52. The second-order valence-corrected chi connectivity index (χ2v) is 0.724. The summed E-state index contributed by atoms with van der Waals surface area (Å²) in [7, 11) is 1.00. The molecule has 8 heavy (non-hydrogen) atoms. The molecule has 0 spiro atoms. The van der Waals surface area contributed by atoms with E-state index in [9.17, 15) is 0 Å². The molecule has 0 rings (SSSR count). The Labute approximate surface area is 51.5 Å². The molecule has 0 heterocycles. The van der Waals surface area contributed by atoms with Gasteiger partial charge in [0.15, 0.2) is 0 Å². The molecule has 2 N–H and O–H groups in total. The third-order valence-corrected chi connectivity index (χ3v) is 0. The molecular weight excluding hydrogens is 104 g/mol. The van der Waals surface area contributed by atoms with Crippen molar-refractivity contribution in [2.45, 2.75) is 13.8 Å². The van der Waals surface area contributed by atoms with E-state index in [-0.39, 0.29) is 6.61 Å². The maximum atomic E-state index is 7.57. The standard InChI is InChI=1S/C3H6.C2H6O.CH4O/c1-3-2;1-2-3;1-2/h3H,1H2,2H3;3H,2H2,1H3;2H,1H3. The van der Waals surface area contributed by atoms with Crippen molar-refractivity contribution in [3.8, 4) is 0 Å². The highest BCUT2D eigenvalue weighted by Gasteiger charge is 1.34. The monoisotopic (exact) mass is 120 g/mol. The van der Waals surface area contributed by atoms with Crippen LogP contribution in [0.2, 0.25) is 0 Å². The smallest absolute Gasteiger partial charge is 0.0402 e. The van der Waals surface area contributed by atoms with Crippen LogP contribution in [0.3, 0.4) is 0 Å². The number of aliphatic hydroxyl groups is 2. The van der Waals surface area contributed by atoms with E-state index in [1.807, 2.05) is 6.92 Å². The van der Waals surface area contributed by atoms with Crippen molar-refractivity contribution >= 4 is 0 Å². The van der Waals surface area contributed by atoms with Gasteiger partial charge in [-0.2, -0.15) is 0 Å². The zero-order valence-electron chi connectivity index (χ0n) is 5.89. The molecule has 0 saturated heterocycles. The maximum absolute atomic E-state index is 7.57. The highest BCUT2D eigenvalue weighted by molar-refractivity contribution is 4.51. The maximum Gasteiger partial charge on any atom is 0.0402 e. The van der Waals surface area contributed by atoms with Gasteiger partial charge in [0.05, 0.1) is 0 Å². The van der Waals surface area contributed by atoms with Crippen molar-refractivity contribution in [3.05, 3.63) is 12.7 Å². The number of aliphatic hydroxyl groups excluding tert-OH is 2. The molecule has 0 aliphatic carbocycles. The largest absolute Gasteiger partial charge is 0.400 e. The molecule has 2 nitrogen and oxygen atoms in total. The first-order chi connectivity index (χ1) is 3.83. The summed E-state index contributed by atoms with van der Waals surface area (Å²) in [5.74, 6) is 0. The van der Waals surface area contributed by atoms with Gasteiger partial charge in [0.1, 0.15) is 0 Å². The Kier molecular flexibility index (Phi) is 151. The van der Waals surface area contributed by atoms with Crippen LogP contribution in [0.1, 0.15) is 13.8 Å². The topological polar surface area (TPSA) is 40.5 Å². The van der Waals surface area contributed by atoms with Crippen LogP contribution in [-0.2, 0) is 0 Å².